The van der Waals surface area contributed by atoms with E-state index >= 15 is 0 Å². The van der Waals surface area contributed by atoms with Crippen LogP contribution in [-0.4, -0.2) is 49.7 Å². The lowest BCUT2D eigenvalue weighted by molar-refractivity contribution is -0.903. The molecule has 0 amide bonds. The van der Waals surface area contributed by atoms with Gasteiger partial charge in [-0.1, -0.05) is 35.9 Å². The molecule has 2 aromatic rings. The molecule has 3 rings (SSSR count). The molecule has 6 heteroatoms. The fraction of sp³-hybridized carbons (Fsp3) is 0.368. The monoisotopic (exact) mass is 381 g/mol. The topological polar surface area (TPSA) is 27.9 Å². The van der Waals surface area contributed by atoms with Crippen LogP contribution in [0.5, 0.6) is 0 Å². The summed E-state index contributed by atoms with van der Waals surface area (Å²) in [5, 5.41) is 11.0. The summed E-state index contributed by atoms with van der Waals surface area (Å²) in [5.41, 5.74) is 0.677. The Hall–Kier alpha value is -1.27. The lowest BCUT2D eigenvalue weighted by atomic mass is 10.2. The summed E-state index contributed by atoms with van der Waals surface area (Å²) in [6, 6.07) is 14.6. The zero-order chi connectivity index (χ0) is 17.6. The molecule has 0 bridgehead atoms. The predicted octanol–water partition coefficient (Wildman–Crippen LogP) is 2.34. The van der Waals surface area contributed by atoms with Crippen molar-refractivity contribution in [3.63, 3.8) is 0 Å². The number of halogens is 2. The fourth-order valence-electron chi connectivity index (χ4n) is 3.12. The van der Waals surface area contributed by atoms with Crippen LogP contribution in [0.3, 0.4) is 0 Å². The molecule has 1 heterocycles. The van der Waals surface area contributed by atoms with E-state index in [2.05, 4.69) is 4.90 Å². The third-order valence-electron chi connectivity index (χ3n) is 4.46. The highest BCUT2D eigenvalue weighted by Crippen LogP contribution is 2.26. The van der Waals surface area contributed by atoms with E-state index in [9.17, 15) is 9.50 Å². The van der Waals surface area contributed by atoms with E-state index in [0.29, 0.717) is 18.0 Å². The minimum atomic E-state index is -0.378. The van der Waals surface area contributed by atoms with Crippen molar-refractivity contribution in [2.45, 2.75) is 11.0 Å². The first-order chi connectivity index (χ1) is 12.1. The Morgan fingerprint density at radius 1 is 1.12 bits per heavy atom. The van der Waals surface area contributed by atoms with E-state index in [1.165, 1.54) is 11.0 Å². The molecule has 2 N–H and O–H groups in total. The molecule has 0 spiro atoms. The molecule has 0 unspecified atom stereocenters. The summed E-state index contributed by atoms with van der Waals surface area (Å²) in [5.74, 6) is 0.465. The van der Waals surface area contributed by atoms with Crippen molar-refractivity contribution in [2.75, 3.05) is 43.4 Å². The molecule has 0 radical (unpaired) electrons. The number of anilines is 1. The number of aliphatic hydroxyl groups excluding tert-OH is 1. The SMILES string of the molecule is O[C@H](CSc1ccccc1Cl)C[NH+]1CCN(c2ccccc2F)CC1. The average molecular weight is 382 g/mol. The molecule has 1 aliphatic rings. The van der Waals surface area contributed by atoms with Crippen molar-refractivity contribution >= 4 is 29.1 Å². The Balaban J connectivity index is 1.44. The summed E-state index contributed by atoms with van der Waals surface area (Å²) in [6.45, 7) is 4.13. The molecular weight excluding hydrogens is 359 g/mol. The van der Waals surface area contributed by atoms with Crippen molar-refractivity contribution in [3.8, 4) is 0 Å². The Bertz CT molecular complexity index is 695. The molecule has 1 atom stereocenters. The van der Waals surface area contributed by atoms with Crippen molar-refractivity contribution in [2.24, 2.45) is 0 Å². The van der Waals surface area contributed by atoms with Gasteiger partial charge in [-0.05, 0) is 24.3 Å². The van der Waals surface area contributed by atoms with Crippen LogP contribution in [0.25, 0.3) is 0 Å². The van der Waals surface area contributed by atoms with Crippen LogP contribution in [0.2, 0.25) is 5.02 Å². The maximum atomic E-state index is 13.9. The van der Waals surface area contributed by atoms with E-state index in [1.807, 2.05) is 36.4 Å². The van der Waals surface area contributed by atoms with Crippen molar-refractivity contribution in [3.05, 3.63) is 59.4 Å². The van der Waals surface area contributed by atoms with Crippen LogP contribution < -0.4 is 9.80 Å². The zero-order valence-corrected chi connectivity index (χ0v) is 15.6. The van der Waals surface area contributed by atoms with Gasteiger partial charge in [-0.15, -0.1) is 11.8 Å². The van der Waals surface area contributed by atoms with Crippen LogP contribution >= 0.6 is 23.4 Å². The number of rotatable bonds is 6. The molecule has 1 aliphatic heterocycles. The summed E-state index contributed by atoms with van der Waals surface area (Å²) in [6.07, 6.45) is -0.378. The number of para-hydroxylation sites is 1. The van der Waals surface area contributed by atoms with Crippen LogP contribution in [0.1, 0.15) is 0 Å². The van der Waals surface area contributed by atoms with Gasteiger partial charge in [-0.25, -0.2) is 4.39 Å². The second-order valence-electron chi connectivity index (χ2n) is 6.29. The van der Waals surface area contributed by atoms with E-state index in [-0.39, 0.29) is 11.9 Å². The van der Waals surface area contributed by atoms with Crippen molar-refractivity contribution in [1.82, 2.24) is 0 Å². The molecule has 3 nitrogen and oxygen atoms in total. The average Bonchev–Trinajstić information content (AvgIpc) is 2.62. The number of hydrogen-bond acceptors (Lipinski definition) is 3. The molecule has 0 aromatic heterocycles. The molecule has 0 aliphatic carbocycles. The van der Waals surface area contributed by atoms with Crippen LogP contribution in [0.15, 0.2) is 53.4 Å². The van der Waals surface area contributed by atoms with Crippen molar-refractivity contribution in [1.29, 1.82) is 0 Å². The first-order valence-corrected chi connectivity index (χ1v) is 9.88. The Morgan fingerprint density at radius 3 is 2.52 bits per heavy atom. The van der Waals surface area contributed by atoms with Gasteiger partial charge in [0.15, 0.2) is 0 Å². The highest BCUT2D eigenvalue weighted by molar-refractivity contribution is 7.99. The molecule has 2 aromatic carbocycles. The van der Waals surface area contributed by atoms with Crippen molar-refractivity contribution < 1.29 is 14.4 Å². The minimum absolute atomic E-state index is 0.165. The third-order valence-corrected chi connectivity index (χ3v) is 6.12. The zero-order valence-electron chi connectivity index (χ0n) is 14.0. The van der Waals surface area contributed by atoms with Gasteiger partial charge in [0, 0.05) is 10.6 Å². The van der Waals surface area contributed by atoms with E-state index < -0.39 is 0 Å². The second kappa shape index (κ2) is 8.90. The first kappa shape index (κ1) is 18.5. The quantitative estimate of drug-likeness (QED) is 0.752. The highest BCUT2D eigenvalue weighted by Gasteiger charge is 2.24. The minimum Gasteiger partial charge on any atom is -0.386 e. The third kappa shape index (κ3) is 5.11. The van der Waals surface area contributed by atoms with Gasteiger partial charge in [0.2, 0.25) is 0 Å². The number of thioether (sulfide) groups is 1. The van der Waals surface area contributed by atoms with Gasteiger partial charge in [0.05, 0.1) is 36.9 Å². The summed E-state index contributed by atoms with van der Waals surface area (Å²) in [4.78, 5) is 4.45. The normalized spacial score (nSPS) is 16.8. The number of nitrogens with one attached hydrogen (secondary N) is 1. The largest absolute Gasteiger partial charge is 0.386 e. The molecule has 0 saturated carbocycles. The number of benzene rings is 2. The van der Waals surface area contributed by atoms with E-state index in [0.717, 1.165) is 36.1 Å². The predicted molar refractivity (Wildman–Crippen MR) is 102 cm³/mol. The smallest absolute Gasteiger partial charge is 0.146 e. The molecule has 1 fully saturated rings. The van der Waals surface area contributed by atoms with E-state index in [1.54, 1.807) is 17.8 Å². The lowest BCUT2D eigenvalue weighted by Gasteiger charge is -2.34. The van der Waals surface area contributed by atoms with Gasteiger partial charge in [-0.3, -0.25) is 0 Å². The first-order valence-electron chi connectivity index (χ1n) is 8.52. The maximum absolute atomic E-state index is 13.9. The second-order valence-corrected chi connectivity index (χ2v) is 7.76. The number of hydrogen-bond donors (Lipinski definition) is 2. The molecule has 134 valence electrons. The molecule has 1 saturated heterocycles. The van der Waals surface area contributed by atoms with Crippen LogP contribution in [0, 0.1) is 5.82 Å². The Morgan fingerprint density at radius 2 is 1.80 bits per heavy atom. The highest BCUT2D eigenvalue weighted by atomic mass is 35.5. The molecule has 25 heavy (non-hydrogen) atoms. The van der Waals surface area contributed by atoms with Gasteiger partial charge < -0.3 is 14.9 Å². The van der Waals surface area contributed by atoms with E-state index in [4.69, 9.17) is 11.6 Å². The van der Waals surface area contributed by atoms with Crippen LogP contribution in [0.4, 0.5) is 10.1 Å². The summed E-state index contributed by atoms with van der Waals surface area (Å²) < 4.78 is 13.9. The van der Waals surface area contributed by atoms with Crippen LogP contribution in [-0.2, 0) is 0 Å². The molecular formula is C19H23ClFN2OS+. The number of piperazine rings is 1. The number of nitrogens with zero attached hydrogens (tertiary/aromatic N) is 1. The number of aliphatic hydroxyl groups is 1. The van der Waals surface area contributed by atoms with Gasteiger partial charge in [-0.2, -0.15) is 0 Å². The Labute approximate surface area is 157 Å². The van der Waals surface area contributed by atoms with Gasteiger partial charge >= 0.3 is 0 Å². The lowest BCUT2D eigenvalue weighted by Crippen LogP contribution is -3.16. The fourth-order valence-corrected chi connectivity index (χ4v) is 4.29. The summed E-state index contributed by atoms with van der Waals surface area (Å²) >= 11 is 7.73. The maximum Gasteiger partial charge on any atom is 0.146 e. The number of quaternary nitrogens is 1. The summed E-state index contributed by atoms with van der Waals surface area (Å²) in [7, 11) is 0. The standard InChI is InChI=1S/C19H22ClFN2OS/c20-16-5-1-4-8-19(16)25-14-15(24)13-22-9-11-23(12-10-22)18-7-3-2-6-17(18)21/h1-8,15,24H,9-14H2/p+1/t15-/m0/s1. The Kier molecular flexibility index (Phi) is 6.59. The van der Waals surface area contributed by atoms with Gasteiger partial charge in [0.25, 0.3) is 0 Å². The van der Waals surface area contributed by atoms with Gasteiger partial charge in [0.1, 0.15) is 18.5 Å².